The molecule has 1 amide bonds. The summed E-state index contributed by atoms with van der Waals surface area (Å²) in [6, 6.07) is 1.74. The van der Waals surface area contributed by atoms with Crippen molar-refractivity contribution in [2.75, 3.05) is 6.54 Å². The van der Waals surface area contributed by atoms with Gasteiger partial charge in [-0.25, -0.2) is 4.79 Å². The summed E-state index contributed by atoms with van der Waals surface area (Å²) in [7, 11) is 0. The zero-order valence-corrected chi connectivity index (χ0v) is 10.5. The molecule has 17 heavy (non-hydrogen) atoms. The van der Waals surface area contributed by atoms with Crippen LogP contribution in [0.1, 0.15) is 36.5 Å². The molecule has 1 saturated heterocycles. The smallest absolute Gasteiger partial charge is 0.329 e. The van der Waals surface area contributed by atoms with Gasteiger partial charge in [0.2, 0.25) is 0 Å². The van der Waals surface area contributed by atoms with Crippen LogP contribution in [0, 0.1) is 0 Å². The van der Waals surface area contributed by atoms with E-state index in [0.29, 0.717) is 18.5 Å². The van der Waals surface area contributed by atoms with Gasteiger partial charge in [0.15, 0.2) is 0 Å². The quantitative estimate of drug-likeness (QED) is 0.879. The van der Waals surface area contributed by atoms with Gasteiger partial charge >= 0.3 is 5.97 Å². The van der Waals surface area contributed by atoms with Crippen LogP contribution in [0.5, 0.6) is 0 Å². The molecule has 0 radical (unpaired) electrons. The van der Waals surface area contributed by atoms with Crippen LogP contribution in [0.2, 0.25) is 0 Å². The highest BCUT2D eigenvalue weighted by atomic mass is 32.1. The highest BCUT2D eigenvalue weighted by molar-refractivity contribution is 7.08. The largest absolute Gasteiger partial charge is 0.480 e. The summed E-state index contributed by atoms with van der Waals surface area (Å²) in [4.78, 5) is 25.1. The van der Waals surface area contributed by atoms with Crippen LogP contribution >= 0.6 is 11.3 Å². The molecule has 0 bridgehead atoms. The Bertz CT molecular complexity index is 429. The van der Waals surface area contributed by atoms with Crippen LogP contribution < -0.4 is 0 Å². The SMILES string of the molecule is CC1(C(=O)O)CCCCN1C(=O)c1ccsc1. The number of piperidine rings is 1. The standard InChI is InChI=1S/C12H15NO3S/c1-12(11(15)16)5-2-3-6-13(12)10(14)9-4-7-17-8-9/h4,7-8H,2-3,5-6H2,1H3,(H,15,16). The fraction of sp³-hybridized carbons (Fsp3) is 0.500. The first-order valence-electron chi connectivity index (χ1n) is 5.63. The van der Waals surface area contributed by atoms with Crippen molar-refractivity contribution in [1.29, 1.82) is 0 Å². The summed E-state index contributed by atoms with van der Waals surface area (Å²) >= 11 is 1.45. The molecule has 2 rings (SSSR count). The zero-order valence-electron chi connectivity index (χ0n) is 9.68. The third kappa shape index (κ3) is 2.07. The molecule has 1 aromatic heterocycles. The van der Waals surface area contributed by atoms with E-state index >= 15 is 0 Å². The van der Waals surface area contributed by atoms with E-state index in [9.17, 15) is 14.7 Å². The van der Waals surface area contributed by atoms with Crippen molar-refractivity contribution in [3.8, 4) is 0 Å². The van der Waals surface area contributed by atoms with E-state index in [1.165, 1.54) is 16.2 Å². The molecule has 0 spiro atoms. The van der Waals surface area contributed by atoms with Crippen molar-refractivity contribution in [3.63, 3.8) is 0 Å². The normalized spacial score (nSPS) is 24.6. The number of thiophene rings is 1. The molecule has 1 aliphatic heterocycles. The molecule has 0 aromatic carbocycles. The third-order valence-corrected chi connectivity index (χ3v) is 4.05. The second-order valence-corrected chi connectivity index (χ2v) is 5.28. The van der Waals surface area contributed by atoms with E-state index in [-0.39, 0.29) is 5.91 Å². The summed E-state index contributed by atoms with van der Waals surface area (Å²) < 4.78 is 0. The lowest BCUT2D eigenvalue weighted by Crippen LogP contribution is -2.57. The van der Waals surface area contributed by atoms with E-state index < -0.39 is 11.5 Å². The number of amides is 1. The molecule has 1 atom stereocenters. The van der Waals surface area contributed by atoms with Gasteiger partial charge in [-0.05, 0) is 37.6 Å². The van der Waals surface area contributed by atoms with Gasteiger partial charge in [0.25, 0.3) is 5.91 Å². The average molecular weight is 253 g/mol. The Morgan fingerprint density at radius 1 is 1.47 bits per heavy atom. The molecule has 1 aliphatic rings. The maximum atomic E-state index is 12.3. The Morgan fingerprint density at radius 2 is 2.24 bits per heavy atom. The third-order valence-electron chi connectivity index (χ3n) is 3.37. The van der Waals surface area contributed by atoms with E-state index in [2.05, 4.69) is 0 Å². The molecule has 1 fully saturated rings. The lowest BCUT2D eigenvalue weighted by Gasteiger charge is -2.41. The molecule has 2 heterocycles. The molecular weight excluding hydrogens is 238 g/mol. The number of carboxylic acid groups (broad SMARTS) is 1. The highest BCUT2D eigenvalue weighted by Gasteiger charge is 2.44. The second-order valence-electron chi connectivity index (χ2n) is 4.50. The molecule has 0 aliphatic carbocycles. The number of hydrogen-bond donors (Lipinski definition) is 1. The van der Waals surface area contributed by atoms with E-state index in [4.69, 9.17) is 0 Å². The number of carbonyl (C=O) groups excluding carboxylic acids is 1. The molecular formula is C12H15NO3S. The predicted molar refractivity (Wildman–Crippen MR) is 65.2 cm³/mol. The van der Waals surface area contributed by atoms with Crippen molar-refractivity contribution in [2.45, 2.75) is 31.7 Å². The first kappa shape index (κ1) is 12.1. The molecule has 1 unspecified atom stereocenters. The minimum atomic E-state index is -1.06. The zero-order chi connectivity index (χ0) is 12.5. The summed E-state index contributed by atoms with van der Waals surface area (Å²) in [5.74, 6) is -1.09. The maximum absolute atomic E-state index is 12.3. The van der Waals surface area contributed by atoms with Crippen LogP contribution in [0.4, 0.5) is 0 Å². The van der Waals surface area contributed by atoms with Gasteiger partial charge < -0.3 is 10.0 Å². The fourth-order valence-electron chi connectivity index (χ4n) is 2.21. The Hall–Kier alpha value is -1.36. The fourth-order valence-corrected chi connectivity index (χ4v) is 2.84. The molecule has 4 nitrogen and oxygen atoms in total. The van der Waals surface area contributed by atoms with Crippen molar-refractivity contribution in [2.24, 2.45) is 0 Å². The lowest BCUT2D eigenvalue weighted by atomic mass is 9.88. The number of nitrogens with zero attached hydrogens (tertiary/aromatic N) is 1. The first-order valence-corrected chi connectivity index (χ1v) is 6.57. The maximum Gasteiger partial charge on any atom is 0.329 e. The number of carboxylic acids is 1. The van der Waals surface area contributed by atoms with Crippen LogP contribution in [-0.4, -0.2) is 34.0 Å². The molecule has 1 aromatic rings. The Kier molecular flexibility index (Phi) is 3.19. The molecule has 1 N–H and O–H groups in total. The number of carbonyl (C=O) groups is 2. The van der Waals surface area contributed by atoms with Crippen molar-refractivity contribution in [1.82, 2.24) is 4.90 Å². The van der Waals surface area contributed by atoms with Crippen molar-refractivity contribution >= 4 is 23.2 Å². The van der Waals surface area contributed by atoms with Gasteiger partial charge in [0, 0.05) is 11.9 Å². The van der Waals surface area contributed by atoms with Gasteiger partial charge in [-0.1, -0.05) is 0 Å². The van der Waals surface area contributed by atoms with Crippen LogP contribution in [-0.2, 0) is 4.79 Å². The second kappa shape index (κ2) is 4.49. The van der Waals surface area contributed by atoms with Crippen molar-refractivity contribution in [3.05, 3.63) is 22.4 Å². The van der Waals surface area contributed by atoms with Crippen molar-refractivity contribution < 1.29 is 14.7 Å². The van der Waals surface area contributed by atoms with Gasteiger partial charge in [-0.3, -0.25) is 4.79 Å². The summed E-state index contributed by atoms with van der Waals surface area (Å²) in [6.45, 7) is 2.16. The Labute approximate surface area is 104 Å². The minimum absolute atomic E-state index is 0.171. The summed E-state index contributed by atoms with van der Waals surface area (Å²) in [6.07, 6.45) is 2.26. The van der Waals surface area contributed by atoms with Crippen LogP contribution in [0.25, 0.3) is 0 Å². The van der Waals surface area contributed by atoms with Gasteiger partial charge in [0.1, 0.15) is 5.54 Å². The minimum Gasteiger partial charge on any atom is -0.480 e. The van der Waals surface area contributed by atoms with Crippen LogP contribution in [0.15, 0.2) is 16.8 Å². The molecule has 0 saturated carbocycles. The number of aliphatic carboxylic acids is 1. The number of hydrogen-bond acceptors (Lipinski definition) is 3. The number of likely N-dealkylation sites (tertiary alicyclic amines) is 1. The highest BCUT2D eigenvalue weighted by Crippen LogP contribution is 2.30. The van der Waals surface area contributed by atoms with E-state index in [1.807, 2.05) is 5.38 Å². The number of rotatable bonds is 2. The lowest BCUT2D eigenvalue weighted by molar-refractivity contribution is -0.150. The summed E-state index contributed by atoms with van der Waals surface area (Å²) in [5, 5.41) is 12.9. The van der Waals surface area contributed by atoms with Gasteiger partial charge in [0.05, 0.1) is 5.56 Å². The van der Waals surface area contributed by atoms with Crippen LogP contribution in [0.3, 0.4) is 0 Å². The first-order chi connectivity index (χ1) is 8.05. The van der Waals surface area contributed by atoms with E-state index in [1.54, 1.807) is 18.4 Å². The van der Waals surface area contributed by atoms with E-state index in [0.717, 1.165) is 12.8 Å². The Morgan fingerprint density at radius 3 is 2.82 bits per heavy atom. The molecule has 92 valence electrons. The van der Waals surface area contributed by atoms with Gasteiger partial charge in [-0.2, -0.15) is 11.3 Å². The average Bonchev–Trinajstić information content (AvgIpc) is 2.82. The molecule has 5 heteroatoms. The predicted octanol–water partition coefficient (Wildman–Crippen LogP) is 2.22. The monoisotopic (exact) mass is 253 g/mol. The topological polar surface area (TPSA) is 57.6 Å². The summed E-state index contributed by atoms with van der Waals surface area (Å²) in [5.41, 5.74) is -0.471. The van der Waals surface area contributed by atoms with Gasteiger partial charge in [-0.15, -0.1) is 0 Å². The Balaban J connectivity index is 2.29.